The summed E-state index contributed by atoms with van der Waals surface area (Å²) in [6.45, 7) is 5.34. The van der Waals surface area contributed by atoms with Gasteiger partial charge in [0.2, 0.25) is 0 Å². The van der Waals surface area contributed by atoms with Crippen LogP contribution in [0.1, 0.15) is 43.1 Å². The van der Waals surface area contributed by atoms with Crippen LogP contribution in [0.5, 0.6) is 0 Å². The summed E-state index contributed by atoms with van der Waals surface area (Å²) in [5, 5.41) is 1.98. The molecular formula is C17H21N3O3. The first-order chi connectivity index (χ1) is 10.8. The van der Waals surface area contributed by atoms with Crippen molar-refractivity contribution in [3.63, 3.8) is 0 Å². The molecule has 122 valence electrons. The molecule has 1 aromatic carbocycles. The summed E-state index contributed by atoms with van der Waals surface area (Å²) in [6, 6.07) is 5.18. The summed E-state index contributed by atoms with van der Waals surface area (Å²) >= 11 is 0. The molecule has 23 heavy (non-hydrogen) atoms. The first-order valence-corrected chi connectivity index (χ1v) is 7.65. The lowest BCUT2D eigenvalue weighted by Gasteiger charge is -2.29. The third-order valence-corrected chi connectivity index (χ3v) is 3.96. The number of hydrogen-bond acceptors (Lipinski definition) is 4. The van der Waals surface area contributed by atoms with E-state index in [4.69, 9.17) is 10.6 Å². The molecule has 1 atom stereocenters. The zero-order chi connectivity index (χ0) is 16.8. The summed E-state index contributed by atoms with van der Waals surface area (Å²) in [4.78, 5) is 27.9. The van der Waals surface area contributed by atoms with Crippen LogP contribution < -0.4 is 5.84 Å². The molecule has 2 aromatic rings. The Balaban J connectivity index is 1.90. The van der Waals surface area contributed by atoms with Crippen molar-refractivity contribution in [2.45, 2.75) is 45.3 Å². The highest BCUT2D eigenvalue weighted by Crippen LogP contribution is 2.30. The van der Waals surface area contributed by atoms with E-state index in [-0.39, 0.29) is 12.2 Å². The van der Waals surface area contributed by atoms with Crippen LogP contribution in [0.15, 0.2) is 24.4 Å². The van der Waals surface area contributed by atoms with Crippen molar-refractivity contribution in [1.82, 2.24) is 9.99 Å². The normalized spacial score (nSPS) is 17.9. The average Bonchev–Trinajstić information content (AvgIpc) is 2.80. The third-order valence-electron chi connectivity index (χ3n) is 3.96. The van der Waals surface area contributed by atoms with Crippen LogP contribution in [0, 0.1) is 0 Å². The van der Waals surface area contributed by atoms with Crippen LogP contribution in [0.3, 0.4) is 0 Å². The molecule has 3 rings (SSSR count). The van der Waals surface area contributed by atoms with E-state index in [1.54, 1.807) is 20.8 Å². The number of ketones is 1. The van der Waals surface area contributed by atoms with Crippen LogP contribution in [0.4, 0.5) is 4.79 Å². The van der Waals surface area contributed by atoms with E-state index < -0.39 is 17.7 Å². The molecule has 1 aliphatic rings. The summed E-state index contributed by atoms with van der Waals surface area (Å²) in [5.74, 6) is 5.94. The fourth-order valence-electron chi connectivity index (χ4n) is 2.96. The van der Waals surface area contributed by atoms with Crippen LogP contribution >= 0.6 is 0 Å². The molecule has 0 spiro atoms. The smallest absolute Gasteiger partial charge is 0.424 e. The Morgan fingerprint density at radius 1 is 1.35 bits per heavy atom. The monoisotopic (exact) mass is 315 g/mol. The second-order valence-electron chi connectivity index (χ2n) is 6.91. The minimum atomic E-state index is -0.631. The van der Waals surface area contributed by atoms with Gasteiger partial charge < -0.3 is 9.72 Å². The minimum Gasteiger partial charge on any atom is -0.443 e. The molecule has 6 nitrogen and oxygen atoms in total. The number of amides is 1. The number of benzene rings is 1. The average molecular weight is 315 g/mol. The van der Waals surface area contributed by atoms with Gasteiger partial charge in [0.1, 0.15) is 5.60 Å². The number of aromatic nitrogens is 1. The molecule has 1 aromatic heterocycles. The number of H-pyrrole nitrogens is 1. The van der Waals surface area contributed by atoms with Crippen molar-refractivity contribution >= 4 is 22.8 Å². The molecule has 1 aliphatic carbocycles. The quantitative estimate of drug-likeness (QED) is 0.481. The number of carbonyl (C=O) groups is 2. The van der Waals surface area contributed by atoms with Gasteiger partial charge in [-0.15, -0.1) is 0 Å². The molecule has 3 N–H and O–H groups in total. The van der Waals surface area contributed by atoms with Gasteiger partial charge in [-0.25, -0.2) is 15.6 Å². The number of aromatic amines is 1. The van der Waals surface area contributed by atoms with Crippen LogP contribution in [0.25, 0.3) is 10.9 Å². The van der Waals surface area contributed by atoms with Gasteiger partial charge in [-0.3, -0.25) is 4.79 Å². The third kappa shape index (κ3) is 2.94. The predicted molar refractivity (Wildman–Crippen MR) is 87.0 cm³/mol. The van der Waals surface area contributed by atoms with Gasteiger partial charge in [0.15, 0.2) is 5.78 Å². The zero-order valence-electron chi connectivity index (χ0n) is 13.6. The van der Waals surface area contributed by atoms with Crippen LogP contribution in [-0.4, -0.2) is 33.5 Å². The number of rotatable bonds is 1. The Labute approximate surface area is 134 Å². The fraction of sp³-hybridized carbons (Fsp3) is 0.412. The highest BCUT2D eigenvalue weighted by atomic mass is 16.6. The lowest BCUT2D eigenvalue weighted by Crippen LogP contribution is -2.49. The van der Waals surface area contributed by atoms with Crippen LogP contribution in [0.2, 0.25) is 0 Å². The highest BCUT2D eigenvalue weighted by molar-refractivity contribution is 6.09. The maximum absolute atomic E-state index is 12.6. The fourth-order valence-corrected chi connectivity index (χ4v) is 2.96. The second kappa shape index (κ2) is 5.38. The van der Waals surface area contributed by atoms with Crippen LogP contribution in [-0.2, 0) is 11.2 Å². The van der Waals surface area contributed by atoms with Crippen molar-refractivity contribution in [3.05, 3.63) is 35.5 Å². The summed E-state index contributed by atoms with van der Waals surface area (Å²) in [6.07, 6.45) is 1.96. The minimum absolute atomic E-state index is 0.0158. The lowest BCUT2D eigenvalue weighted by molar-refractivity contribution is 0.0153. The van der Waals surface area contributed by atoms with E-state index in [0.29, 0.717) is 12.0 Å². The molecule has 0 radical (unpaired) electrons. The Kier molecular flexibility index (Phi) is 3.64. The number of nitrogens with two attached hydrogens (primary N) is 1. The Morgan fingerprint density at radius 3 is 2.78 bits per heavy atom. The topological polar surface area (TPSA) is 88.4 Å². The van der Waals surface area contributed by atoms with Gasteiger partial charge in [0.05, 0.1) is 6.04 Å². The molecule has 6 heteroatoms. The molecular weight excluding hydrogens is 294 g/mol. The standard InChI is InChI=1S/C17H21N3O3/c1-17(2,3)23-16(22)20(18)11-7-10-9-19-13-6-4-5-12(15(10)13)14(21)8-11/h4-6,9,11,19H,7-8,18H2,1-3H3. The van der Waals surface area contributed by atoms with Gasteiger partial charge in [0.25, 0.3) is 0 Å². The molecule has 0 saturated heterocycles. The largest absolute Gasteiger partial charge is 0.443 e. The van der Waals surface area contributed by atoms with E-state index in [1.807, 2.05) is 24.4 Å². The van der Waals surface area contributed by atoms with Gasteiger partial charge in [-0.1, -0.05) is 12.1 Å². The van der Waals surface area contributed by atoms with Crippen molar-refractivity contribution in [3.8, 4) is 0 Å². The van der Waals surface area contributed by atoms with Gasteiger partial charge in [-0.2, -0.15) is 0 Å². The van der Waals surface area contributed by atoms with E-state index in [0.717, 1.165) is 21.5 Å². The van der Waals surface area contributed by atoms with Crippen molar-refractivity contribution in [2.75, 3.05) is 0 Å². The number of nitrogens with one attached hydrogen (secondary N) is 1. The van der Waals surface area contributed by atoms with Gasteiger partial charge in [0, 0.05) is 29.1 Å². The summed E-state index contributed by atoms with van der Waals surface area (Å²) in [5.41, 5.74) is 1.96. The van der Waals surface area contributed by atoms with Crippen molar-refractivity contribution < 1.29 is 14.3 Å². The highest BCUT2D eigenvalue weighted by Gasteiger charge is 2.32. The Morgan fingerprint density at radius 2 is 2.09 bits per heavy atom. The Hall–Kier alpha value is -2.34. The van der Waals surface area contributed by atoms with E-state index in [1.165, 1.54) is 0 Å². The summed E-state index contributed by atoms with van der Waals surface area (Å²) in [7, 11) is 0. The number of carbonyl (C=O) groups excluding carboxylic acids is 2. The SMILES string of the molecule is CC(C)(C)OC(=O)N(N)C1CC(=O)c2cccc3[nH]cc(c23)C1. The maximum Gasteiger partial charge on any atom is 0.424 e. The predicted octanol–water partition coefficient (Wildman–Crippen LogP) is 2.78. The Bertz CT molecular complexity index is 773. The lowest BCUT2D eigenvalue weighted by atomic mass is 10.0. The van der Waals surface area contributed by atoms with Gasteiger partial charge >= 0.3 is 6.09 Å². The van der Waals surface area contributed by atoms with E-state index in [2.05, 4.69) is 4.98 Å². The first-order valence-electron chi connectivity index (χ1n) is 7.65. The van der Waals surface area contributed by atoms with E-state index in [9.17, 15) is 9.59 Å². The molecule has 1 unspecified atom stereocenters. The van der Waals surface area contributed by atoms with Crippen molar-refractivity contribution in [1.29, 1.82) is 0 Å². The van der Waals surface area contributed by atoms with Crippen molar-refractivity contribution in [2.24, 2.45) is 5.84 Å². The van der Waals surface area contributed by atoms with E-state index >= 15 is 0 Å². The molecule has 0 saturated carbocycles. The zero-order valence-corrected chi connectivity index (χ0v) is 13.6. The second-order valence-corrected chi connectivity index (χ2v) is 6.91. The number of Topliss-reactive ketones (excluding diaryl/α,β-unsaturated/α-hetero) is 1. The summed E-state index contributed by atoms with van der Waals surface area (Å²) < 4.78 is 5.30. The number of nitrogens with zero attached hydrogens (tertiary/aromatic N) is 1. The number of ether oxygens (including phenoxy) is 1. The molecule has 1 amide bonds. The first kappa shape index (κ1) is 15.6. The maximum atomic E-state index is 12.6. The molecule has 0 bridgehead atoms. The molecule has 0 aliphatic heterocycles. The molecule has 1 heterocycles. The van der Waals surface area contributed by atoms with Gasteiger partial charge in [-0.05, 0) is 38.8 Å². The number of hydrazine groups is 1. The molecule has 0 fully saturated rings. The number of hydrogen-bond donors (Lipinski definition) is 2.